The van der Waals surface area contributed by atoms with Crippen LogP contribution in [0.3, 0.4) is 0 Å². The zero-order valence-corrected chi connectivity index (χ0v) is 23.6. The van der Waals surface area contributed by atoms with E-state index in [0.717, 1.165) is 74.3 Å². The summed E-state index contributed by atoms with van der Waals surface area (Å²) in [5, 5.41) is 16.5. The minimum Gasteiger partial charge on any atom is -0.388 e. The van der Waals surface area contributed by atoms with E-state index >= 15 is 0 Å². The minimum atomic E-state index is -0.289. The van der Waals surface area contributed by atoms with Gasteiger partial charge in [-0.05, 0) is 74.5 Å². The van der Waals surface area contributed by atoms with Crippen molar-refractivity contribution in [2.75, 3.05) is 37.3 Å². The summed E-state index contributed by atoms with van der Waals surface area (Å²) >= 11 is 0. The maximum absolute atomic E-state index is 12.8. The summed E-state index contributed by atoms with van der Waals surface area (Å²) < 4.78 is 0. The Balaban J connectivity index is 1.21. The SMILES string of the molecule is CNc1ccc(C(=O)Nc2ccc3[nH]c(CN4CCC(CCNC(=O)CCCCCC(N)=O)C4)nc3c2)cc1C=N. The molecule has 1 fully saturated rings. The van der Waals surface area contributed by atoms with Crippen LogP contribution in [0.2, 0.25) is 0 Å². The quantitative estimate of drug-likeness (QED) is 0.123. The number of carbonyl (C=O) groups excluding carboxylic acids is 3. The predicted octanol–water partition coefficient (Wildman–Crippen LogP) is 3.62. The molecule has 1 aliphatic rings. The average molecular weight is 561 g/mol. The molecule has 1 unspecified atom stereocenters. The number of aromatic amines is 1. The Hall–Kier alpha value is -4.25. The number of H-pyrrole nitrogens is 1. The maximum atomic E-state index is 12.8. The van der Waals surface area contributed by atoms with Gasteiger partial charge in [-0.15, -0.1) is 0 Å². The van der Waals surface area contributed by atoms with Gasteiger partial charge in [-0.3, -0.25) is 19.3 Å². The molecule has 2 heterocycles. The molecule has 4 rings (SSSR count). The zero-order valence-electron chi connectivity index (χ0n) is 23.6. The Morgan fingerprint density at radius 1 is 1.15 bits per heavy atom. The lowest BCUT2D eigenvalue weighted by Gasteiger charge is -2.14. The Labute approximate surface area is 240 Å². The van der Waals surface area contributed by atoms with Gasteiger partial charge in [-0.25, -0.2) is 4.98 Å². The van der Waals surface area contributed by atoms with Gasteiger partial charge in [0.25, 0.3) is 5.91 Å². The lowest BCUT2D eigenvalue weighted by molar-refractivity contribution is -0.121. The lowest BCUT2D eigenvalue weighted by Crippen LogP contribution is -2.26. The Bertz CT molecular complexity index is 1390. The highest BCUT2D eigenvalue weighted by atomic mass is 16.2. The number of likely N-dealkylation sites (tertiary alicyclic amines) is 1. The molecule has 0 bridgehead atoms. The largest absolute Gasteiger partial charge is 0.388 e. The van der Waals surface area contributed by atoms with Gasteiger partial charge in [0.15, 0.2) is 0 Å². The van der Waals surface area contributed by atoms with E-state index in [1.165, 1.54) is 6.21 Å². The number of fused-ring (bicyclic) bond motifs is 1. The van der Waals surface area contributed by atoms with Crippen LogP contribution >= 0.6 is 0 Å². The van der Waals surface area contributed by atoms with Gasteiger partial charge in [0, 0.05) is 61.7 Å². The first-order valence-electron chi connectivity index (χ1n) is 14.2. The fraction of sp³-hybridized carbons (Fsp3) is 0.433. The number of primary amides is 1. The molecule has 0 spiro atoms. The van der Waals surface area contributed by atoms with Gasteiger partial charge in [-0.1, -0.05) is 6.42 Å². The normalized spacial score (nSPS) is 15.1. The number of anilines is 2. The molecule has 1 saturated heterocycles. The number of nitrogens with two attached hydrogens (primary N) is 1. The Kier molecular flexibility index (Phi) is 10.4. The van der Waals surface area contributed by atoms with E-state index in [0.29, 0.717) is 42.1 Å². The van der Waals surface area contributed by atoms with Crippen LogP contribution in [0.15, 0.2) is 36.4 Å². The highest BCUT2D eigenvalue weighted by molar-refractivity contribution is 6.06. The molecule has 3 aromatic rings. The molecule has 2 aromatic carbocycles. The number of nitrogens with one attached hydrogen (secondary N) is 5. The molecule has 7 N–H and O–H groups in total. The third-order valence-corrected chi connectivity index (χ3v) is 7.47. The van der Waals surface area contributed by atoms with Crippen molar-refractivity contribution in [3.8, 4) is 0 Å². The van der Waals surface area contributed by atoms with Crippen molar-refractivity contribution < 1.29 is 14.4 Å². The highest BCUT2D eigenvalue weighted by Crippen LogP contribution is 2.23. The van der Waals surface area contributed by atoms with Crippen LogP contribution in [0, 0.1) is 11.3 Å². The number of amides is 3. The van der Waals surface area contributed by atoms with Crippen molar-refractivity contribution >= 4 is 46.3 Å². The standard InChI is InChI=1S/C30H40N8O3/c1-33-24-9-7-21(15-22(24)17-31)30(41)35-23-8-10-25-26(16-23)37-28(36-25)19-38-14-12-20(18-38)11-13-34-29(40)6-4-2-3-5-27(32)39/h7-10,15-17,20,31,33H,2-6,11-14,18-19H2,1H3,(H2,32,39)(H,34,40)(H,35,41)(H,36,37). The summed E-state index contributed by atoms with van der Waals surface area (Å²) in [4.78, 5) is 46.1. The number of imidazole rings is 1. The van der Waals surface area contributed by atoms with Crippen LogP contribution in [0.5, 0.6) is 0 Å². The summed E-state index contributed by atoms with van der Waals surface area (Å²) in [5.41, 5.74) is 9.41. The van der Waals surface area contributed by atoms with Gasteiger partial charge in [0.2, 0.25) is 11.8 Å². The first kappa shape index (κ1) is 29.7. The number of aromatic nitrogens is 2. The summed E-state index contributed by atoms with van der Waals surface area (Å²) in [7, 11) is 1.78. The molecule has 218 valence electrons. The summed E-state index contributed by atoms with van der Waals surface area (Å²) in [6, 6.07) is 10.8. The van der Waals surface area contributed by atoms with Gasteiger partial charge >= 0.3 is 0 Å². The molecular formula is C30H40N8O3. The van der Waals surface area contributed by atoms with E-state index in [1.54, 1.807) is 25.2 Å². The number of hydrogen-bond acceptors (Lipinski definition) is 7. The van der Waals surface area contributed by atoms with E-state index in [2.05, 4.69) is 25.8 Å². The topological polar surface area (TPSA) is 169 Å². The van der Waals surface area contributed by atoms with Crippen LogP contribution in [-0.2, 0) is 16.1 Å². The van der Waals surface area contributed by atoms with Crippen LogP contribution in [0.1, 0.15) is 66.7 Å². The zero-order chi connectivity index (χ0) is 29.2. The molecular weight excluding hydrogens is 520 g/mol. The molecule has 11 heteroatoms. The van der Waals surface area contributed by atoms with Crippen molar-refractivity contribution in [3.63, 3.8) is 0 Å². The first-order chi connectivity index (χ1) is 19.8. The van der Waals surface area contributed by atoms with E-state index in [4.69, 9.17) is 16.1 Å². The summed E-state index contributed by atoms with van der Waals surface area (Å²) in [6.45, 7) is 3.35. The Morgan fingerprint density at radius 2 is 1.98 bits per heavy atom. The highest BCUT2D eigenvalue weighted by Gasteiger charge is 2.23. The van der Waals surface area contributed by atoms with Gasteiger partial charge in [0.05, 0.1) is 17.6 Å². The second kappa shape index (κ2) is 14.4. The van der Waals surface area contributed by atoms with Crippen molar-refractivity contribution in [3.05, 3.63) is 53.3 Å². The fourth-order valence-electron chi connectivity index (χ4n) is 5.24. The molecule has 0 aliphatic carbocycles. The summed E-state index contributed by atoms with van der Waals surface area (Å²) in [5.74, 6) is 0.951. The molecule has 0 radical (unpaired) electrons. The number of rotatable bonds is 15. The van der Waals surface area contributed by atoms with E-state index in [9.17, 15) is 14.4 Å². The first-order valence-corrected chi connectivity index (χ1v) is 14.2. The molecule has 3 amide bonds. The lowest BCUT2D eigenvalue weighted by atomic mass is 10.1. The Morgan fingerprint density at radius 3 is 2.76 bits per heavy atom. The third kappa shape index (κ3) is 8.62. The van der Waals surface area contributed by atoms with Crippen LogP contribution in [0.25, 0.3) is 11.0 Å². The molecule has 0 saturated carbocycles. The number of hydrogen-bond donors (Lipinski definition) is 6. The number of benzene rings is 2. The van der Waals surface area contributed by atoms with Crippen molar-refractivity contribution in [1.29, 1.82) is 5.41 Å². The van der Waals surface area contributed by atoms with Crippen molar-refractivity contribution in [2.24, 2.45) is 11.7 Å². The fourth-order valence-corrected chi connectivity index (χ4v) is 5.24. The molecule has 11 nitrogen and oxygen atoms in total. The number of unbranched alkanes of at least 4 members (excludes halogenated alkanes) is 2. The monoisotopic (exact) mass is 560 g/mol. The molecule has 1 atom stereocenters. The molecule has 41 heavy (non-hydrogen) atoms. The second-order valence-corrected chi connectivity index (χ2v) is 10.6. The second-order valence-electron chi connectivity index (χ2n) is 10.6. The van der Waals surface area contributed by atoms with Crippen LogP contribution in [0.4, 0.5) is 11.4 Å². The van der Waals surface area contributed by atoms with E-state index in [1.807, 2.05) is 18.2 Å². The molecule has 1 aliphatic heterocycles. The van der Waals surface area contributed by atoms with E-state index < -0.39 is 0 Å². The predicted molar refractivity (Wildman–Crippen MR) is 161 cm³/mol. The van der Waals surface area contributed by atoms with Crippen LogP contribution < -0.4 is 21.7 Å². The van der Waals surface area contributed by atoms with Gasteiger partial charge in [0.1, 0.15) is 5.82 Å². The maximum Gasteiger partial charge on any atom is 0.255 e. The molecule has 1 aromatic heterocycles. The van der Waals surface area contributed by atoms with Crippen LogP contribution in [-0.4, -0.2) is 65.5 Å². The van der Waals surface area contributed by atoms with Crippen molar-refractivity contribution in [2.45, 2.75) is 51.5 Å². The number of nitrogens with zero attached hydrogens (tertiary/aromatic N) is 2. The third-order valence-electron chi connectivity index (χ3n) is 7.47. The minimum absolute atomic E-state index is 0.0691. The van der Waals surface area contributed by atoms with Gasteiger partial charge in [-0.2, -0.15) is 0 Å². The van der Waals surface area contributed by atoms with E-state index in [-0.39, 0.29) is 17.7 Å². The summed E-state index contributed by atoms with van der Waals surface area (Å²) in [6.07, 6.45) is 6.49. The van der Waals surface area contributed by atoms with Gasteiger partial charge < -0.3 is 32.1 Å². The van der Waals surface area contributed by atoms with Crippen molar-refractivity contribution in [1.82, 2.24) is 20.2 Å². The average Bonchev–Trinajstić information content (AvgIpc) is 3.58. The number of carbonyl (C=O) groups is 3. The smallest absolute Gasteiger partial charge is 0.255 e.